The summed E-state index contributed by atoms with van der Waals surface area (Å²) in [6.45, 7) is 6.65. The zero-order valence-corrected chi connectivity index (χ0v) is 22.8. The number of nitrogens with two attached hydrogens (primary N) is 1. The second-order valence-corrected chi connectivity index (χ2v) is 9.81. The van der Waals surface area contributed by atoms with Gasteiger partial charge in [0, 0.05) is 18.5 Å². The number of hydrogen-bond acceptors (Lipinski definition) is 7. The van der Waals surface area contributed by atoms with Crippen LogP contribution < -0.4 is 5.73 Å². The van der Waals surface area contributed by atoms with Crippen molar-refractivity contribution in [2.24, 2.45) is 11.7 Å². The maximum atomic E-state index is 12.5. The average molecular weight is 536 g/mol. The number of H-pyrrole nitrogens is 1. The third-order valence-corrected chi connectivity index (χ3v) is 7.16. The Hall–Kier alpha value is -3.56. The van der Waals surface area contributed by atoms with Gasteiger partial charge in [-0.2, -0.15) is 5.21 Å². The van der Waals surface area contributed by atoms with Crippen molar-refractivity contribution in [2.75, 3.05) is 0 Å². The molecule has 2 aromatic heterocycles. The van der Waals surface area contributed by atoms with E-state index in [4.69, 9.17) is 22.1 Å². The van der Waals surface area contributed by atoms with Gasteiger partial charge >= 0.3 is 5.97 Å². The first kappa shape index (κ1) is 27.5. The van der Waals surface area contributed by atoms with Gasteiger partial charge in [0.15, 0.2) is 5.15 Å². The Morgan fingerprint density at radius 3 is 2.53 bits per heavy atom. The number of carbonyl (C=O) groups is 1. The normalized spacial score (nSPS) is 12.9. The molecule has 0 aliphatic rings. The van der Waals surface area contributed by atoms with Gasteiger partial charge in [0.2, 0.25) is 5.82 Å². The van der Waals surface area contributed by atoms with Gasteiger partial charge in [-0.25, -0.2) is 4.98 Å². The summed E-state index contributed by atoms with van der Waals surface area (Å²) in [5.41, 5.74) is 10.8. The third-order valence-electron chi connectivity index (χ3n) is 6.86. The summed E-state index contributed by atoms with van der Waals surface area (Å²) in [6, 6.07) is 15.6. The van der Waals surface area contributed by atoms with Gasteiger partial charge in [0.05, 0.1) is 5.69 Å². The van der Waals surface area contributed by atoms with Gasteiger partial charge < -0.3 is 15.0 Å². The molecule has 4 aromatic rings. The Bertz CT molecular complexity index is 1340. The van der Waals surface area contributed by atoms with Crippen molar-refractivity contribution in [1.29, 1.82) is 0 Å². The molecule has 10 heteroatoms. The van der Waals surface area contributed by atoms with Crippen LogP contribution in [-0.2, 0) is 29.1 Å². The summed E-state index contributed by atoms with van der Waals surface area (Å²) >= 11 is 6.55. The molecule has 0 saturated carbocycles. The number of hydrogen-bond donors (Lipinski definition) is 2. The van der Waals surface area contributed by atoms with Crippen LogP contribution in [0.5, 0.6) is 0 Å². The molecule has 2 heterocycles. The molecule has 0 radical (unpaired) electrons. The number of rotatable bonds is 12. The number of ether oxygens (including phenoxy) is 1. The molecule has 38 heavy (non-hydrogen) atoms. The summed E-state index contributed by atoms with van der Waals surface area (Å²) in [4.78, 5) is 17.1. The standard InChI is InChI=1S/C28H34ClN7O2/c1-4-6-11-24-31-26(29)23(17-38-28(37)25(30)18(3)5-2)36(24)16-19-12-14-20(15-13-19)21-9-7-8-10-22(21)27-32-34-35-33-27/h7-10,12-15,18,25H,4-6,11,16-17,30H2,1-3H3,(H,32,33,34,35)/t18-,25-/m1/s1. The van der Waals surface area contributed by atoms with Crippen LogP contribution in [0.2, 0.25) is 5.15 Å². The quantitative estimate of drug-likeness (QED) is 0.239. The number of aromatic nitrogens is 6. The molecule has 0 spiro atoms. The summed E-state index contributed by atoms with van der Waals surface area (Å²) in [5, 5.41) is 14.8. The molecular weight excluding hydrogens is 502 g/mol. The molecule has 0 aliphatic carbocycles. The van der Waals surface area contributed by atoms with E-state index in [1.807, 2.05) is 38.1 Å². The van der Waals surface area contributed by atoms with Crippen molar-refractivity contribution in [1.82, 2.24) is 30.2 Å². The maximum absolute atomic E-state index is 12.5. The van der Waals surface area contributed by atoms with Gasteiger partial charge in [0.25, 0.3) is 0 Å². The summed E-state index contributed by atoms with van der Waals surface area (Å²) in [5.74, 6) is 1.03. The van der Waals surface area contributed by atoms with Crippen LogP contribution in [0.25, 0.3) is 22.5 Å². The van der Waals surface area contributed by atoms with Gasteiger partial charge in [-0.1, -0.05) is 93.7 Å². The minimum Gasteiger partial charge on any atom is -0.458 e. The van der Waals surface area contributed by atoms with Crippen LogP contribution in [-0.4, -0.2) is 42.2 Å². The molecule has 0 unspecified atom stereocenters. The minimum atomic E-state index is -0.669. The summed E-state index contributed by atoms with van der Waals surface area (Å²) < 4.78 is 7.64. The van der Waals surface area contributed by atoms with Crippen LogP contribution in [0.15, 0.2) is 48.5 Å². The lowest BCUT2D eigenvalue weighted by Crippen LogP contribution is -2.38. The van der Waals surface area contributed by atoms with Crippen molar-refractivity contribution in [3.05, 3.63) is 70.8 Å². The summed E-state index contributed by atoms with van der Waals surface area (Å²) in [7, 11) is 0. The first-order chi connectivity index (χ1) is 18.4. The second-order valence-electron chi connectivity index (χ2n) is 9.45. The van der Waals surface area contributed by atoms with Gasteiger partial charge in [-0.05, 0) is 34.2 Å². The Kier molecular flexibility index (Phi) is 9.25. The monoisotopic (exact) mass is 535 g/mol. The molecule has 0 aliphatic heterocycles. The number of nitrogens with zero attached hydrogens (tertiary/aromatic N) is 5. The van der Waals surface area contributed by atoms with Gasteiger partial charge in [-0.3, -0.25) is 4.79 Å². The topological polar surface area (TPSA) is 125 Å². The van der Waals surface area contributed by atoms with E-state index in [0.29, 0.717) is 23.2 Å². The fourth-order valence-corrected chi connectivity index (χ4v) is 4.51. The number of benzene rings is 2. The highest BCUT2D eigenvalue weighted by atomic mass is 35.5. The lowest BCUT2D eigenvalue weighted by Gasteiger charge is -2.18. The first-order valence-electron chi connectivity index (χ1n) is 13.0. The number of carbonyl (C=O) groups excluding carboxylic acids is 1. The van der Waals surface area contributed by atoms with Crippen molar-refractivity contribution in [2.45, 2.75) is 65.6 Å². The van der Waals surface area contributed by atoms with Crippen LogP contribution in [0.3, 0.4) is 0 Å². The van der Waals surface area contributed by atoms with E-state index in [9.17, 15) is 4.79 Å². The van der Waals surface area contributed by atoms with E-state index in [1.165, 1.54) is 0 Å². The highest BCUT2D eigenvalue weighted by Crippen LogP contribution is 2.30. The van der Waals surface area contributed by atoms with Crippen LogP contribution in [0.4, 0.5) is 0 Å². The van der Waals surface area contributed by atoms with Crippen LogP contribution in [0.1, 0.15) is 57.1 Å². The van der Waals surface area contributed by atoms with E-state index < -0.39 is 12.0 Å². The molecule has 9 nitrogen and oxygen atoms in total. The molecule has 200 valence electrons. The Labute approximate surface area is 227 Å². The molecule has 0 amide bonds. The number of unbranched alkanes of at least 4 members (excludes halogenated alkanes) is 1. The van der Waals surface area contributed by atoms with Crippen molar-refractivity contribution < 1.29 is 9.53 Å². The lowest BCUT2D eigenvalue weighted by atomic mass is 9.98. The molecule has 2 aromatic carbocycles. The lowest BCUT2D eigenvalue weighted by molar-refractivity contribution is -0.148. The average Bonchev–Trinajstić information content (AvgIpc) is 3.58. The fourth-order valence-electron chi connectivity index (χ4n) is 4.26. The highest BCUT2D eigenvalue weighted by molar-refractivity contribution is 6.30. The predicted molar refractivity (Wildman–Crippen MR) is 147 cm³/mol. The van der Waals surface area contributed by atoms with E-state index >= 15 is 0 Å². The van der Waals surface area contributed by atoms with Crippen molar-refractivity contribution in [3.63, 3.8) is 0 Å². The highest BCUT2D eigenvalue weighted by Gasteiger charge is 2.23. The second kappa shape index (κ2) is 12.8. The van der Waals surface area contributed by atoms with E-state index in [0.717, 1.165) is 53.8 Å². The van der Waals surface area contributed by atoms with E-state index in [-0.39, 0.29) is 12.5 Å². The maximum Gasteiger partial charge on any atom is 0.323 e. The Morgan fingerprint density at radius 2 is 1.87 bits per heavy atom. The number of esters is 1. The molecule has 0 fully saturated rings. The van der Waals surface area contributed by atoms with E-state index in [2.05, 4.69) is 61.4 Å². The smallest absolute Gasteiger partial charge is 0.323 e. The molecular formula is C28H34ClN7O2. The zero-order valence-electron chi connectivity index (χ0n) is 22.0. The number of halogens is 1. The van der Waals surface area contributed by atoms with Crippen molar-refractivity contribution in [3.8, 4) is 22.5 Å². The molecule has 0 bridgehead atoms. The number of aromatic amines is 1. The predicted octanol–water partition coefficient (Wildman–Crippen LogP) is 5.19. The number of tetrazole rings is 1. The largest absolute Gasteiger partial charge is 0.458 e. The molecule has 3 N–H and O–H groups in total. The first-order valence-corrected chi connectivity index (χ1v) is 13.4. The Balaban J connectivity index is 1.57. The zero-order chi connectivity index (χ0) is 27.1. The number of aryl methyl sites for hydroxylation is 1. The Morgan fingerprint density at radius 1 is 1.13 bits per heavy atom. The number of nitrogens with one attached hydrogen (secondary N) is 1. The fraction of sp³-hybridized carbons (Fsp3) is 0.393. The minimum absolute atomic E-state index is 0.0249. The summed E-state index contributed by atoms with van der Waals surface area (Å²) in [6.07, 6.45) is 3.60. The SMILES string of the molecule is CCCCc1nc(Cl)c(COC(=O)[C@H](N)[C@H](C)CC)n1Cc1ccc(-c2ccccc2-c2nn[nH]n2)cc1. The molecule has 2 atom stereocenters. The van der Waals surface area contributed by atoms with Gasteiger partial charge in [0.1, 0.15) is 18.5 Å². The van der Waals surface area contributed by atoms with Crippen molar-refractivity contribution >= 4 is 17.6 Å². The molecule has 4 rings (SSSR count). The van der Waals surface area contributed by atoms with Crippen LogP contribution >= 0.6 is 11.6 Å². The third kappa shape index (κ3) is 6.28. The van der Waals surface area contributed by atoms with E-state index in [1.54, 1.807) is 0 Å². The van der Waals surface area contributed by atoms with Gasteiger partial charge in [-0.15, -0.1) is 10.2 Å². The van der Waals surface area contributed by atoms with Crippen LogP contribution in [0, 0.1) is 5.92 Å². The molecule has 0 saturated heterocycles. The number of imidazole rings is 1.